The molecule has 1 aromatic rings. The van der Waals surface area contributed by atoms with E-state index in [0.29, 0.717) is 13.1 Å². The summed E-state index contributed by atoms with van der Waals surface area (Å²) in [7, 11) is 1.80. The topological polar surface area (TPSA) is 52.7 Å². The Morgan fingerprint density at radius 2 is 2.05 bits per heavy atom. The molecule has 1 aromatic heterocycles. The number of carbonyl (C=O) groups is 2. The summed E-state index contributed by atoms with van der Waals surface area (Å²) in [6.07, 6.45) is 0. The first kappa shape index (κ1) is 17.7. The average molecular weight is 311 g/mol. The van der Waals surface area contributed by atoms with E-state index < -0.39 is 0 Å². The van der Waals surface area contributed by atoms with Crippen LogP contribution in [0.4, 0.5) is 0 Å². The van der Waals surface area contributed by atoms with Crippen LogP contribution >= 0.6 is 11.3 Å². The van der Waals surface area contributed by atoms with Crippen LogP contribution in [0.15, 0.2) is 17.5 Å². The first-order chi connectivity index (χ1) is 9.92. The summed E-state index contributed by atoms with van der Waals surface area (Å²) in [5.41, 5.74) is 0. The van der Waals surface area contributed by atoms with Crippen molar-refractivity contribution >= 4 is 23.2 Å². The number of nitrogens with one attached hydrogen (secondary N) is 1. The van der Waals surface area contributed by atoms with E-state index in [1.54, 1.807) is 23.3 Å². The Labute approximate surface area is 130 Å². The average Bonchev–Trinajstić information content (AvgIpc) is 2.89. The number of thiophene rings is 1. The predicted molar refractivity (Wildman–Crippen MR) is 86.2 cm³/mol. The van der Waals surface area contributed by atoms with E-state index in [1.165, 1.54) is 0 Å². The molecule has 118 valence electrons. The van der Waals surface area contributed by atoms with Crippen LogP contribution in [0.25, 0.3) is 0 Å². The largest absolute Gasteiger partial charge is 0.353 e. The maximum absolute atomic E-state index is 12.2. The summed E-state index contributed by atoms with van der Waals surface area (Å²) in [5, 5.41) is 4.84. The molecule has 1 N–H and O–H groups in total. The van der Waals surface area contributed by atoms with Gasteiger partial charge in [-0.25, -0.2) is 0 Å². The molecule has 0 radical (unpaired) electrons. The van der Waals surface area contributed by atoms with Gasteiger partial charge in [0.15, 0.2) is 0 Å². The van der Waals surface area contributed by atoms with Crippen molar-refractivity contribution in [3.63, 3.8) is 0 Å². The summed E-state index contributed by atoms with van der Waals surface area (Å²) in [4.78, 5) is 28.7. The van der Waals surface area contributed by atoms with Gasteiger partial charge in [-0.2, -0.15) is 0 Å². The molecule has 0 aliphatic rings. The lowest BCUT2D eigenvalue weighted by Crippen LogP contribution is -2.44. The molecule has 0 fully saturated rings. The number of hydrogen-bond donors (Lipinski definition) is 1. The van der Waals surface area contributed by atoms with Gasteiger partial charge in [0.25, 0.3) is 0 Å². The van der Waals surface area contributed by atoms with Gasteiger partial charge >= 0.3 is 0 Å². The number of likely N-dealkylation sites (N-methyl/N-ethyl adjacent to an activating group) is 2. The molecule has 0 unspecified atom stereocenters. The van der Waals surface area contributed by atoms with Gasteiger partial charge in [-0.15, -0.1) is 11.3 Å². The standard InChI is InChI=1S/C15H25N3O2S/c1-5-18(10-14(19)16-12(2)3)11-15(20)17(4)9-13-7-6-8-21-13/h6-8,12H,5,9-11H2,1-4H3,(H,16,19). The Kier molecular flexibility index (Phi) is 7.39. The van der Waals surface area contributed by atoms with Gasteiger partial charge in [-0.3, -0.25) is 14.5 Å². The second-order valence-electron chi connectivity index (χ2n) is 5.35. The van der Waals surface area contributed by atoms with Crippen LogP contribution in [0.5, 0.6) is 0 Å². The maximum Gasteiger partial charge on any atom is 0.236 e. The minimum Gasteiger partial charge on any atom is -0.353 e. The van der Waals surface area contributed by atoms with E-state index in [2.05, 4.69) is 5.32 Å². The highest BCUT2D eigenvalue weighted by molar-refractivity contribution is 7.09. The van der Waals surface area contributed by atoms with Crippen LogP contribution in [0.1, 0.15) is 25.6 Å². The molecular formula is C15H25N3O2S. The third-order valence-electron chi connectivity index (χ3n) is 3.02. The Hall–Kier alpha value is -1.40. The lowest BCUT2D eigenvalue weighted by atomic mass is 10.3. The third kappa shape index (κ3) is 6.73. The maximum atomic E-state index is 12.2. The second-order valence-corrected chi connectivity index (χ2v) is 6.39. The van der Waals surface area contributed by atoms with Gasteiger partial charge in [0.05, 0.1) is 19.6 Å². The van der Waals surface area contributed by atoms with Crippen molar-refractivity contribution in [2.24, 2.45) is 0 Å². The molecule has 2 amide bonds. The molecule has 0 aromatic carbocycles. The number of rotatable bonds is 8. The SMILES string of the molecule is CCN(CC(=O)NC(C)C)CC(=O)N(C)Cc1cccs1. The number of hydrogen-bond acceptors (Lipinski definition) is 4. The van der Waals surface area contributed by atoms with E-state index in [-0.39, 0.29) is 30.9 Å². The molecule has 0 saturated carbocycles. The Morgan fingerprint density at radius 3 is 2.57 bits per heavy atom. The summed E-state index contributed by atoms with van der Waals surface area (Å²) in [6, 6.07) is 4.11. The lowest BCUT2D eigenvalue weighted by molar-refractivity contribution is -0.132. The van der Waals surface area contributed by atoms with Crippen molar-refractivity contribution in [2.45, 2.75) is 33.4 Å². The van der Waals surface area contributed by atoms with Crippen molar-refractivity contribution in [1.29, 1.82) is 0 Å². The Morgan fingerprint density at radius 1 is 1.33 bits per heavy atom. The fourth-order valence-electron chi connectivity index (χ4n) is 1.89. The molecule has 5 nitrogen and oxygen atoms in total. The van der Waals surface area contributed by atoms with E-state index in [9.17, 15) is 9.59 Å². The molecule has 0 aliphatic heterocycles. The van der Waals surface area contributed by atoms with Crippen LogP contribution < -0.4 is 5.32 Å². The first-order valence-corrected chi connectivity index (χ1v) is 8.08. The fourth-order valence-corrected chi connectivity index (χ4v) is 2.64. The van der Waals surface area contributed by atoms with Gasteiger partial charge < -0.3 is 10.2 Å². The van der Waals surface area contributed by atoms with Crippen LogP contribution in [-0.2, 0) is 16.1 Å². The zero-order chi connectivity index (χ0) is 15.8. The number of carbonyl (C=O) groups excluding carboxylic acids is 2. The van der Waals surface area contributed by atoms with Crippen molar-refractivity contribution in [3.8, 4) is 0 Å². The quantitative estimate of drug-likeness (QED) is 0.792. The molecule has 6 heteroatoms. The van der Waals surface area contributed by atoms with E-state index in [1.807, 2.05) is 43.2 Å². The summed E-state index contributed by atoms with van der Waals surface area (Å²) >= 11 is 1.64. The third-order valence-corrected chi connectivity index (χ3v) is 3.88. The summed E-state index contributed by atoms with van der Waals surface area (Å²) < 4.78 is 0. The first-order valence-electron chi connectivity index (χ1n) is 7.20. The molecule has 1 heterocycles. The van der Waals surface area contributed by atoms with Gasteiger partial charge in [0.2, 0.25) is 11.8 Å². The summed E-state index contributed by atoms with van der Waals surface area (Å²) in [5.74, 6) is -0.0110. The highest BCUT2D eigenvalue weighted by Gasteiger charge is 2.16. The molecule has 0 aliphatic carbocycles. The van der Waals surface area contributed by atoms with Crippen molar-refractivity contribution in [1.82, 2.24) is 15.1 Å². The predicted octanol–water partition coefficient (Wildman–Crippen LogP) is 1.55. The molecular weight excluding hydrogens is 286 g/mol. The van der Waals surface area contributed by atoms with Crippen molar-refractivity contribution in [2.75, 3.05) is 26.7 Å². The van der Waals surface area contributed by atoms with Crippen LogP contribution in [0, 0.1) is 0 Å². The Bertz CT molecular complexity index is 446. The lowest BCUT2D eigenvalue weighted by Gasteiger charge is -2.23. The highest BCUT2D eigenvalue weighted by atomic mass is 32.1. The summed E-state index contributed by atoms with van der Waals surface area (Å²) in [6.45, 7) is 7.62. The smallest absolute Gasteiger partial charge is 0.236 e. The molecule has 0 atom stereocenters. The van der Waals surface area contributed by atoms with E-state index in [4.69, 9.17) is 0 Å². The molecule has 1 rings (SSSR count). The molecule has 0 saturated heterocycles. The van der Waals surface area contributed by atoms with Crippen LogP contribution in [-0.4, -0.2) is 54.3 Å². The van der Waals surface area contributed by atoms with Crippen LogP contribution in [0.2, 0.25) is 0 Å². The van der Waals surface area contributed by atoms with Gasteiger partial charge in [-0.1, -0.05) is 13.0 Å². The molecule has 0 spiro atoms. The molecule has 21 heavy (non-hydrogen) atoms. The number of amides is 2. The van der Waals surface area contributed by atoms with Gasteiger partial charge in [0, 0.05) is 18.0 Å². The normalized spacial score (nSPS) is 11.0. The van der Waals surface area contributed by atoms with Gasteiger partial charge in [0.1, 0.15) is 0 Å². The van der Waals surface area contributed by atoms with Crippen molar-refractivity contribution in [3.05, 3.63) is 22.4 Å². The van der Waals surface area contributed by atoms with E-state index >= 15 is 0 Å². The van der Waals surface area contributed by atoms with E-state index in [0.717, 1.165) is 4.88 Å². The van der Waals surface area contributed by atoms with Gasteiger partial charge in [-0.05, 0) is 31.8 Å². The fraction of sp³-hybridized carbons (Fsp3) is 0.600. The van der Waals surface area contributed by atoms with Crippen LogP contribution in [0.3, 0.4) is 0 Å². The zero-order valence-corrected chi connectivity index (χ0v) is 14.1. The monoisotopic (exact) mass is 311 g/mol. The highest BCUT2D eigenvalue weighted by Crippen LogP contribution is 2.11. The second kappa shape index (κ2) is 8.79. The Balaban J connectivity index is 2.44. The van der Waals surface area contributed by atoms with Crippen molar-refractivity contribution < 1.29 is 9.59 Å². The number of nitrogens with zero attached hydrogens (tertiary/aromatic N) is 2. The minimum atomic E-state index is -0.0411. The zero-order valence-electron chi connectivity index (χ0n) is 13.3. The molecule has 0 bridgehead atoms. The minimum absolute atomic E-state index is 0.0302.